The summed E-state index contributed by atoms with van der Waals surface area (Å²) in [5, 5.41) is 0. The summed E-state index contributed by atoms with van der Waals surface area (Å²) in [6.45, 7) is 2.59. The molecule has 0 N–H and O–H groups in total. The Labute approximate surface area is 102 Å². The lowest BCUT2D eigenvalue weighted by Gasteiger charge is -2.26. The van der Waals surface area contributed by atoms with Crippen molar-refractivity contribution in [3.8, 4) is 0 Å². The van der Waals surface area contributed by atoms with Crippen molar-refractivity contribution in [2.75, 3.05) is 6.54 Å². The summed E-state index contributed by atoms with van der Waals surface area (Å²) >= 11 is 0. The van der Waals surface area contributed by atoms with Gasteiger partial charge in [-0.15, -0.1) is 0 Å². The Morgan fingerprint density at radius 2 is 2.00 bits per heavy atom. The normalized spacial score (nSPS) is 28.8. The van der Waals surface area contributed by atoms with Crippen molar-refractivity contribution < 1.29 is 8.42 Å². The van der Waals surface area contributed by atoms with Crippen LogP contribution in [0, 0.1) is 12.8 Å². The van der Waals surface area contributed by atoms with E-state index in [9.17, 15) is 8.42 Å². The van der Waals surface area contributed by atoms with Crippen molar-refractivity contribution in [2.45, 2.75) is 37.1 Å². The molecule has 2 bridgehead atoms. The first-order chi connectivity index (χ1) is 8.09. The minimum Gasteiger partial charge on any atom is -0.207 e. The van der Waals surface area contributed by atoms with Crippen LogP contribution in [0.3, 0.4) is 0 Å². The molecular formula is C13H17NO2S. The Bertz CT molecular complexity index is 538. The maximum atomic E-state index is 12.6. The van der Waals surface area contributed by atoms with Gasteiger partial charge in [0.2, 0.25) is 10.0 Å². The summed E-state index contributed by atoms with van der Waals surface area (Å²) in [7, 11) is -3.27. The maximum Gasteiger partial charge on any atom is 0.243 e. The maximum absolute atomic E-state index is 12.6. The van der Waals surface area contributed by atoms with Gasteiger partial charge in [-0.05, 0) is 43.7 Å². The van der Waals surface area contributed by atoms with Crippen LogP contribution in [0.2, 0.25) is 0 Å². The van der Waals surface area contributed by atoms with E-state index in [-0.39, 0.29) is 6.04 Å². The molecule has 3 nitrogen and oxygen atoms in total. The van der Waals surface area contributed by atoms with Crippen molar-refractivity contribution in [2.24, 2.45) is 5.92 Å². The van der Waals surface area contributed by atoms with E-state index in [0.29, 0.717) is 10.8 Å². The second-order valence-corrected chi connectivity index (χ2v) is 7.03. The lowest BCUT2D eigenvalue weighted by molar-refractivity contribution is 0.333. The summed E-state index contributed by atoms with van der Waals surface area (Å²) in [4.78, 5) is 0.479. The number of sulfonamides is 1. The molecular weight excluding hydrogens is 234 g/mol. The molecule has 0 aromatic heterocycles. The van der Waals surface area contributed by atoms with Crippen LogP contribution in [-0.4, -0.2) is 25.3 Å². The van der Waals surface area contributed by atoms with Crippen molar-refractivity contribution in [1.29, 1.82) is 0 Å². The Morgan fingerprint density at radius 3 is 2.59 bits per heavy atom. The van der Waals surface area contributed by atoms with Gasteiger partial charge >= 0.3 is 0 Å². The molecule has 1 aromatic rings. The van der Waals surface area contributed by atoms with E-state index in [1.165, 1.54) is 6.42 Å². The van der Waals surface area contributed by atoms with Crippen LogP contribution < -0.4 is 0 Å². The van der Waals surface area contributed by atoms with E-state index in [1.54, 1.807) is 16.4 Å². The quantitative estimate of drug-likeness (QED) is 0.808. The molecule has 1 aliphatic carbocycles. The van der Waals surface area contributed by atoms with Gasteiger partial charge in [0.25, 0.3) is 0 Å². The second-order valence-electron chi connectivity index (χ2n) is 5.17. The average Bonchev–Trinajstić information content (AvgIpc) is 2.91. The predicted molar refractivity (Wildman–Crippen MR) is 66.2 cm³/mol. The number of hydrogen-bond donors (Lipinski definition) is 0. The topological polar surface area (TPSA) is 37.4 Å². The molecule has 2 fully saturated rings. The summed E-state index contributed by atoms with van der Waals surface area (Å²) < 4.78 is 26.9. The molecule has 1 heterocycles. The van der Waals surface area contributed by atoms with Crippen molar-refractivity contribution >= 4 is 10.0 Å². The fourth-order valence-corrected chi connectivity index (χ4v) is 5.12. The molecule has 0 radical (unpaired) electrons. The fourth-order valence-electron chi connectivity index (χ4n) is 3.15. The third-order valence-corrected chi connectivity index (χ3v) is 6.12. The summed E-state index contributed by atoms with van der Waals surface area (Å²) in [5.74, 6) is 0.596. The molecule has 3 rings (SSSR count). The first kappa shape index (κ1) is 11.2. The number of aryl methyl sites for hydroxylation is 1. The van der Waals surface area contributed by atoms with Crippen LogP contribution in [0.25, 0.3) is 0 Å². The van der Waals surface area contributed by atoms with Gasteiger partial charge in [0.15, 0.2) is 0 Å². The monoisotopic (exact) mass is 251 g/mol. The molecule has 2 atom stereocenters. The van der Waals surface area contributed by atoms with Gasteiger partial charge in [-0.2, -0.15) is 4.31 Å². The van der Waals surface area contributed by atoms with Gasteiger partial charge in [0.05, 0.1) is 4.90 Å². The van der Waals surface area contributed by atoms with E-state index >= 15 is 0 Å². The third-order valence-electron chi connectivity index (χ3n) is 4.04. The highest BCUT2D eigenvalue weighted by molar-refractivity contribution is 7.89. The van der Waals surface area contributed by atoms with E-state index in [2.05, 4.69) is 0 Å². The van der Waals surface area contributed by atoms with E-state index in [1.807, 2.05) is 19.1 Å². The molecule has 17 heavy (non-hydrogen) atoms. The largest absolute Gasteiger partial charge is 0.243 e. The SMILES string of the molecule is Cc1ccccc1S(=O)(=O)N1CC2CCC1C2. The zero-order valence-corrected chi connectivity index (χ0v) is 10.8. The molecule has 0 amide bonds. The first-order valence-corrected chi connectivity index (χ1v) is 7.60. The number of piperidine rings is 1. The number of nitrogens with zero attached hydrogens (tertiary/aromatic N) is 1. The minimum atomic E-state index is -3.27. The lowest BCUT2D eigenvalue weighted by atomic mass is 10.1. The van der Waals surface area contributed by atoms with E-state index in [0.717, 1.165) is 24.9 Å². The molecule has 1 aromatic carbocycles. The Morgan fingerprint density at radius 1 is 1.24 bits per heavy atom. The second kappa shape index (κ2) is 3.82. The van der Waals surface area contributed by atoms with Gasteiger partial charge in [-0.1, -0.05) is 18.2 Å². The highest BCUT2D eigenvalue weighted by Crippen LogP contribution is 2.40. The fraction of sp³-hybridized carbons (Fsp3) is 0.538. The van der Waals surface area contributed by atoms with Gasteiger partial charge in [0.1, 0.15) is 0 Å². The Balaban J connectivity index is 2.00. The van der Waals surface area contributed by atoms with E-state index in [4.69, 9.17) is 0 Å². The van der Waals surface area contributed by atoms with Gasteiger partial charge in [-0.25, -0.2) is 8.42 Å². The molecule has 4 heteroatoms. The first-order valence-electron chi connectivity index (χ1n) is 6.16. The standard InChI is InChI=1S/C13H17NO2S/c1-10-4-2-3-5-13(10)17(15,16)14-9-11-6-7-12(14)8-11/h2-5,11-12H,6-9H2,1H3. The van der Waals surface area contributed by atoms with Crippen molar-refractivity contribution in [1.82, 2.24) is 4.31 Å². The van der Waals surface area contributed by atoms with Crippen LogP contribution in [-0.2, 0) is 10.0 Å². The lowest BCUT2D eigenvalue weighted by Crippen LogP contribution is -2.37. The molecule has 1 aliphatic heterocycles. The average molecular weight is 251 g/mol. The summed E-state index contributed by atoms with van der Waals surface area (Å²) in [6.07, 6.45) is 3.30. The number of hydrogen-bond acceptors (Lipinski definition) is 2. The highest BCUT2D eigenvalue weighted by Gasteiger charge is 2.44. The molecule has 92 valence electrons. The molecule has 1 saturated carbocycles. The number of rotatable bonds is 2. The minimum absolute atomic E-state index is 0.254. The summed E-state index contributed by atoms with van der Waals surface area (Å²) in [6, 6.07) is 7.51. The zero-order valence-electron chi connectivity index (χ0n) is 9.96. The molecule has 2 aliphatic rings. The Kier molecular flexibility index (Phi) is 2.52. The Hall–Kier alpha value is -0.870. The van der Waals surface area contributed by atoms with Crippen LogP contribution in [0.1, 0.15) is 24.8 Å². The number of benzene rings is 1. The highest BCUT2D eigenvalue weighted by atomic mass is 32.2. The van der Waals surface area contributed by atoms with Crippen LogP contribution in [0.5, 0.6) is 0 Å². The third kappa shape index (κ3) is 1.70. The van der Waals surface area contributed by atoms with Crippen LogP contribution in [0.15, 0.2) is 29.2 Å². The summed E-state index contributed by atoms with van der Waals surface area (Å²) in [5.41, 5.74) is 0.843. The van der Waals surface area contributed by atoms with E-state index < -0.39 is 10.0 Å². The predicted octanol–water partition coefficient (Wildman–Crippen LogP) is 2.17. The van der Waals surface area contributed by atoms with Crippen molar-refractivity contribution in [3.05, 3.63) is 29.8 Å². The van der Waals surface area contributed by atoms with Crippen LogP contribution >= 0.6 is 0 Å². The molecule has 0 spiro atoms. The zero-order chi connectivity index (χ0) is 12.0. The van der Waals surface area contributed by atoms with Gasteiger partial charge in [-0.3, -0.25) is 0 Å². The van der Waals surface area contributed by atoms with Gasteiger partial charge < -0.3 is 0 Å². The molecule has 1 saturated heterocycles. The molecule has 2 unspecified atom stereocenters. The van der Waals surface area contributed by atoms with Gasteiger partial charge in [0, 0.05) is 12.6 Å². The smallest absolute Gasteiger partial charge is 0.207 e. The number of fused-ring (bicyclic) bond motifs is 2. The van der Waals surface area contributed by atoms with Crippen LogP contribution in [0.4, 0.5) is 0 Å². The van der Waals surface area contributed by atoms with Crippen molar-refractivity contribution in [3.63, 3.8) is 0 Å².